The summed E-state index contributed by atoms with van der Waals surface area (Å²) in [6.07, 6.45) is 0.665. The van der Waals surface area contributed by atoms with E-state index < -0.39 is 10.0 Å². The van der Waals surface area contributed by atoms with Crippen LogP contribution in [-0.2, 0) is 21.4 Å². The van der Waals surface area contributed by atoms with E-state index in [0.717, 1.165) is 5.56 Å². The molecule has 0 radical (unpaired) electrons. The molecule has 7 heteroatoms. The second-order valence-electron chi connectivity index (χ2n) is 6.27. The quantitative estimate of drug-likeness (QED) is 0.669. The zero-order valence-electron chi connectivity index (χ0n) is 15.5. The van der Waals surface area contributed by atoms with Crippen LogP contribution >= 0.6 is 0 Å². The van der Waals surface area contributed by atoms with E-state index >= 15 is 0 Å². The second-order valence-corrected chi connectivity index (χ2v) is 8.32. The Bertz CT molecular complexity index is 878. The summed E-state index contributed by atoms with van der Waals surface area (Å²) >= 11 is 0. The highest BCUT2D eigenvalue weighted by atomic mass is 32.2. The van der Waals surface area contributed by atoms with Crippen molar-refractivity contribution in [3.8, 4) is 0 Å². The summed E-state index contributed by atoms with van der Waals surface area (Å²) in [5.41, 5.74) is 1.48. The van der Waals surface area contributed by atoms with Crippen molar-refractivity contribution in [3.05, 3.63) is 65.7 Å². The average Bonchev–Trinajstić information content (AvgIpc) is 2.67. The normalized spacial score (nSPS) is 11.4. The number of amides is 1. The van der Waals surface area contributed by atoms with Crippen LogP contribution in [0.15, 0.2) is 59.5 Å². The summed E-state index contributed by atoms with van der Waals surface area (Å²) in [5, 5.41) is 2.82. The summed E-state index contributed by atoms with van der Waals surface area (Å²) in [5.74, 6) is -0.232. The summed E-state index contributed by atoms with van der Waals surface area (Å²) in [6.45, 7) is 2.12. The highest BCUT2D eigenvalue weighted by Crippen LogP contribution is 2.16. The van der Waals surface area contributed by atoms with Crippen molar-refractivity contribution in [3.63, 3.8) is 0 Å². The minimum Gasteiger partial charge on any atom is -0.352 e. The van der Waals surface area contributed by atoms with E-state index in [1.807, 2.05) is 30.3 Å². The molecule has 0 saturated carbocycles. The van der Waals surface area contributed by atoms with Gasteiger partial charge in [-0.3, -0.25) is 9.59 Å². The number of benzene rings is 2. The second kappa shape index (κ2) is 9.43. The molecule has 2 aromatic carbocycles. The summed E-state index contributed by atoms with van der Waals surface area (Å²) < 4.78 is 26.3. The minimum absolute atomic E-state index is 0.115. The predicted octanol–water partition coefficient (Wildman–Crippen LogP) is 2.61. The van der Waals surface area contributed by atoms with E-state index in [1.165, 1.54) is 42.5 Å². The zero-order valence-corrected chi connectivity index (χ0v) is 16.3. The van der Waals surface area contributed by atoms with Crippen LogP contribution in [-0.4, -0.2) is 38.0 Å². The topological polar surface area (TPSA) is 83.6 Å². The maximum Gasteiger partial charge on any atom is 0.242 e. The Morgan fingerprint density at radius 3 is 2.22 bits per heavy atom. The summed E-state index contributed by atoms with van der Waals surface area (Å²) in [7, 11) is -2.16. The molecule has 0 bridgehead atoms. The Balaban J connectivity index is 1.82. The van der Waals surface area contributed by atoms with E-state index in [-0.39, 0.29) is 29.6 Å². The van der Waals surface area contributed by atoms with Gasteiger partial charge in [0.25, 0.3) is 0 Å². The molecule has 2 rings (SSSR count). The fourth-order valence-corrected chi connectivity index (χ4v) is 3.72. The number of ketones is 1. The van der Waals surface area contributed by atoms with Crippen LogP contribution in [0.1, 0.15) is 35.7 Å². The van der Waals surface area contributed by atoms with Gasteiger partial charge in [-0.1, -0.05) is 42.5 Å². The first-order valence-electron chi connectivity index (χ1n) is 8.68. The van der Waals surface area contributed by atoms with Crippen molar-refractivity contribution in [2.75, 3.05) is 13.6 Å². The SMILES string of the molecule is CC(=O)c1ccc(S(=O)(=O)N(C)CCCC(=O)NCc2ccccc2)cc1. The lowest BCUT2D eigenvalue weighted by Crippen LogP contribution is -2.29. The number of hydrogen-bond donors (Lipinski definition) is 1. The molecule has 27 heavy (non-hydrogen) atoms. The molecule has 0 atom stereocenters. The van der Waals surface area contributed by atoms with Crippen LogP contribution in [0.2, 0.25) is 0 Å². The first-order valence-corrected chi connectivity index (χ1v) is 10.1. The van der Waals surface area contributed by atoms with Crippen molar-refractivity contribution in [1.29, 1.82) is 0 Å². The van der Waals surface area contributed by atoms with Crippen molar-refractivity contribution in [2.24, 2.45) is 0 Å². The third kappa shape index (κ3) is 6.01. The fraction of sp³-hybridized carbons (Fsp3) is 0.300. The summed E-state index contributed by atoms with van der Waals surface area (Å²) in [4.78, 5) is 23.3. The van der Waals surface area contributed by atoms with E-state index in [2.05, 4.69) is 5.32 Å². The number of carbonyl (C=O) groups is 2. The molecule has 144 valence electrons. The largest absolute Gasteiger partial charge is 0.352 e. The number of sulfonamides is 1. The van der Waals surface area contributed by atoms with Crippen LogP contribution in [0, 0.1) is 0 Å². The molecule has 2 aromatic rings. The third-order valence-corrected chi connectivity index (χ3v) is 6.05. The fourth-order valence-electron chi connectivity index (χ4n) is 2.51. The van der Waals surface area contributed by atoms with Crippen LogP contribution in [0.4, 0.5) is 0 Å². The first-order chi connectivity index (χ1) is 12.8. The third-order valence-electron chi connectivity index (χ3n) is 4.18. The monoisotopic (exact) mass is 388 g/mol. The average molecular weight is 388 g/mol. The summed E-state index contributed by atoms with van der Waals surface area (Å²) in [6, 6.07) is 15.4. The van der Waals surface area contributed by atoms with Crippen molar-refractivity contribution in [2.45, 2.75) is 31.2 Å². The van der Waals surface area contributed by atoms with E-state index in [9.17, 15) is 18.0 Å². The number of nitrogens with one attached hydrogen (secondary N) is 1. The molecule has 0 spiro atoms. The van der Waals surface area contributed by atoms with Crippen LogP contribution < -0.4 is 5.32 Å². The lowest BCUT2D eigenvalue weighted by atomic mass is 10.2. The first kappa shape index (κ1) is 20.8. The van der Waals surface area contributed by atoms with E-state index in [4.69, 9.17) is 0 Å². The molecule has 6 nitrogen and oxygen atoms in total. The van der Waals surface area contributed by atoms with Gasteiger partial charge in [0.1, 0.15) is 0 Å². The molecular formula is C20H24N2O4S. The Morgan fingerprint density at radius 1 is 1.00 bits per heavy atom. The molecule has 0 saturated heterocycles. The van der Waals surface area contributed by atoms with Gasteiger partial charge < -0.3 is 5.32 Å². The van der Waals surface area contributed by atoms with Gasteiger partial charge >= 0.3 is 0 Å². The van der Waals surface area contributed by atoms with Crippen molar-refractivity contribution in [1.82, 2.24) is 9.62 Å². The number of hydrogen-bond acceptors (Lipinski definition) is 4. The maximum absolute atomic E-state index is 12.5. The molecule has 0 heterocycles. The lowest BCUT2D eigenvalue weighted by molar-refractivity contribution is -0.121. The van der Waals surface area contributed by atoms with Gasteiger partial charge in [0.05, 0.1) is 4.90 Å². The lowest BCUT2D eigenvalue weighted by Gasteiger charge is -2.17. The van der Waals surface area contributed by atoms with Gasteiger partial charge in [-0.25, -0.2) is 12.7 Å². The molecule has 0 aliphatic rings. The molecule has 1 amide bonds. The number of Topliss-reactive ketones (excluding diaryl/α,β-unsaturated/α-hetero) is 1. The Kier molecular flexibility index (Phi) is 7.27. The predicted molar refractivity (Wildman–Crippen MR) is 104 cm³/mol. The Labute approximate surface area is 160 Å². The van der Waals surface area contributed by atoms with Crippen LogP contribution in [0.5, 0.6) is 0 Å². The van der Waals surface area contributed by atoms with Crippen LogP contribution in [0.3, 0.4) is 0 Å². The number of carbonyl (C=O) groups excluding carboxylic acids is 2. The Hall–Kier alpha value is -2.51. The van der Waals surface area contributed by atoms with Gasteiger partial charge in [0.15, 0.2) is 5.78 Å². The highest BCUT2D eigenvalue weighted by molar-refractivity contribution is 7.89. The standard InChI is InChI=1S/C20H24N2O4S/c1-16(23)18-10-12-19(13-11-18)27(25,26)22(2)14-6-9-20(24)21-15-17-7-4-3-5-8-17/h3-5,7-8,10-13H,6,9,14-15H2,1-2H3,(H,21,24). The molecule has 0 aliphatic heterocycles. The van der Waals surface area contributed by atoms with Gasteiger partial charge in [0, 0.05) is 32.1 Å². The smallest absolute Gasteiger partial charge is 0.242 e. The maximum atomic E-state index is 12.5. The van der Waals surface area contributed by atoms with Crippen molar-refractivity contribution >= 4 is 21.7 Å². The Morgan fingerprint density at radius 2 is 1.63 bits per heavy atom. The number of rotatable bonds is 9. The van der Waals surface area contributed by atoms with E-state index in [0.29, 0.717) is 18.5 Å². The molecule has 0 aromatic heterocycles. The van der Waals surface area contributed by atoms with Gasteiger partial charge in [-0.05, 0) is 31.0 Å². The van der Waals surface area contributed by atoms with Crippen LogP contribution in [0.25, 0.3) is 0 Å². The zero-order chi connectivity index (χ0) is 19.9. The molecule has 0 fully saturated rings. The number of nitrogens with zero attached hydrogens (tertiary/aromatic N) is 1. The highest BCUT2D eigenvalue weighted by Gasteiger charge is 2.20. The van der Waals surface area contributed by atoms with Crippen molar-refractivity contribution < 1.29 is 18.0 Å². The van der Waals surface area contributed by atoms with E-state index in [1.54, 1.807) is 0 Å². The van der Waals surface area contributed by atoms with Gasteiger partial charge in [0.2, 0.25) is 15.9 Å². The molecular weight excluding hydrogens is 364 g/mol. The molecule has 0 aliphatic carbocycles. The van der Waals surface area contributed by atoms with Gasteiger partial charge in [-0.2, -0.15) is 0 Å². The molecule has 0 unspecified atom stereocenters. The molecule has 1 N–H and O–H groups in total. The van der Waals surface area contributed by atoms with Gasteiger partial charge in [-0.15, -0.1) is 0 Å². The minimum atomic E-state index is -3.64.